The van der Waals surface area contributed by atoms with Crippen molar-refractivity contribution < 1.29 is 13.9 Å². The van der Waals surface area contributed by atoms with Crippen molar-refractivity contribution >= 4 is 22.6 Å². The molecule has 2 aliphatic heterocycles. The second-order valence-corrected chi connectivity index (χ2v) is 7.13. The third kappa shape index (κ3) is 4.20. The van der Waals surface area contributed by atoms with Gasteiger partial charge in [0.15, 0.2) is 0 Å². The van der Waals surface area contributed by atoms with Gasteiger partial charge >= 0.3 is 0 Å². The molecule has 1 aromatic carbocycles. The monoisotopic (exact) mass is 372 g/mol. The molecule has 144 valence electrons. The zero-order valence-corrected chi connectivity index (χ0v) is 15.3. The van der Waals surface area contributed by atoms with Crippen LogP contribution in [0.3, 0.4) is 0 Å². The molecule has 1 amide bonds. The van der Waals surface area contributed by atoms with Crippen LogP contribution in [0, 0.1) is 5.82 Å². The molecule has 27 heavy (non-hydrogen) atoms. The van der Waals surface area contributed by atoms with Gasteiger partial charge in [-0.25, -0.2) is 9.37 Å². The molecule has 3 heterocycles. The summed E-state index contributed by atoms with van der Waals surface area (Å²) in [6, 6.07) is 6.54. The number of hydrogen-bond donors (Lipinski definition) is 2. The minimum atomic E-state index is -0.288. The van der Waals surface area contributed by atoms with Crippen LogP contribution in [0.25, 0.3) is 10.9 Å². The predicted molar refractivity (Wildman–Crippen MR) is 102 cm³/mol. The number of fused-ring (bicyclic) bond motifs is 1. The maximum atomic E-state index is 13.7. The molecule has 7 heteroatoms. The average Bonchev–Trinajstić information content (AvgIpc) is 2.90. The Morgan fingerprint density at radius 2 is 2.11 bits per heavy atom. The molecule has 2 aliphatic rings. The fraction of sp³-hybridized carbons (Fsp3) is 0.500. The van der Waals surface area contributed by atoms with Gasteiger partial charge in [-0.1, -0.05) is 0 Å². The predicted octanol–water partition coefficient (Wildman–Crippen LogP) is 1.97. The number of carbonyl (C=O) groups is 1. The molecule has 0 radical (unpaired) electrons. The van der Waals surface area contributed by atoms with E-state index in [2.05, 4.69) is 15.5 Å². The fourth-order valence-electron chi connectivity index (χ4n) is 3.72. The molecule has 0 unspecified atom stereocenters. The summed E-state index contributed by atoms with van der Waals surface area (Å²) in [5.74, 6) is 0.623. The Kier molecular flexibility index (Phi) is 5.50. The molecule has 6 nitrogen and oxygen atoms in total. The second-order valence-electron chi connectivity index (χ2n) is 7.13. The van der Waals surface area contributed by atoms with Crippen molar-refractivity contribution in [1.29, 1.82) is 0 Å². The number of carbonyl (C=O) groups excluding carboxylic acids is 1. The van der Waals surface area contributed by atoms with E-state index in [1.54, 1.807) is 6.07 Å². The number of nitrogens with one attached hydrogen (secondary N) is 2. The minimum absolute atomic E-state index is 0.0660. The normalized spacial score (nSPS) is 21.1. The van der Waals surface area contributed by atoms with E-state index in [0.717, 1.165) is 55.7 Å². The highest BCUT2D eigenvalue weighted by molar-refractivity contribution is 5.83. The van der Waals surface area contributed by atoms with Gasteiger partial charge in [-0.3, -0.25) is 4.79 Å². The van der Waals surface area contributed by atoms with Crippen molar-refractivity contribution in [1.82, 2.24) is 15.6 Å². The number of benzene rings is 1. The van der Waals surface area contributed by atoms with E-state index in [4.69, 9.17) is 9.72 Å². The molecular formula is C20H25FN4O2. The zero-order valence-electron chi connectivity index (χ0n) is 15.3. The van der Waals surface area contributed by atoms with E-state index in [1.165, 1.54) is 12.1 Å². The topological polar surface area (TPSA) is 66.5 Å². The standard InChI is InChI=1S/C20H25FN4O2/c21-16-5-4-14-11-15(13-23-17-3-1-2-6-22-20(17)26)19(24-18(14)12-16)25-7-9-27-10-8-25/h4-5,11-12,17,23H,1-3,6-10,13H2,(H,22,26)/t17-/m0/s1. The first-order valence-electron chi connectivity index (χ1n) is 9.64. The molecule has 0 spiro atoms. The molecule has 2 aromatic rings. The Labute approximate surface area is 158 Å². The van der Waals surface area contributed by atoms with E-state index < -0.39 is 0 Å². The summed E-state index contributed by atoms with van der Waals surface area (Å²) in [5.41, 5.74) is 1.67. The molecule has 2 saturated heterocycles. The van der Waals surface area contributed by atoms with Gasteiger partial charge in [-0.05, 0) is 37.5 Å². The number of aromatic nitrogens is 1. The Hall–Kier alpha value is -2.25. The van der Waals surface area contributed by atoms with Crippen LogP contribution in [0.2, 0.25) is 0 Å². The summed E-state index contributed by atoms with van der Waals surface area (Å²) >= 11 is 0. The molecule has 2 fully saturated rings. The lowest BCUT2D eigenvalue weighted by Crippen LogP contribution is -2.43. The van der Waals surface area contributed by atoms with Crippen molar-refractivity contribution in [2.24, 2.45) is 0 Å². The smallest absolute Gasteiger partial charge is 0.237 e. The highest BCUT2D eigenvalue weighted by Gasteiger charge is 2.22. The quantitative estimate of drug-likeness (QED) is 0.859. The maximum absolute atomic E-state index is 13.7. The van der Waals surface area contributed by atoms with Crippen LogP contribution >= 0.6 is 0 Å². The number of nitrogens with zero attached hydrogens (tertiary/aromatic N) is 2. The average molecular weight is 372 g/mol. The Balaban J connectivity index is 1.62. The summed E-state index contributed by atoms with van der Waals surface area (Å²) in [5, 5.41) is 7.26. The Morgan fingerprint density at radius 3 is 2.96 bits per heavy atom. The molecule has 0 saturated carbocycles. The third-order valence-corrected chi connectivity index (χ3v) is 5.22. The SMILES string of the molecule is O=C1NCCCC[C@@H]1NCc1cc2ccc(F)cc2nc1N1CCOCC1. The first-order valence-corrected chi connectivity index (χ1v) is 9.64. The Bertz CT molecular complexity index is 823. The molecule has 0 aliphatic carbocycles. The van der Waals surface area contributed by atoms with E-state index >= 15 is 0 Å². The van der Waals surface area contributed by atoms with Crippen LogP contribution in [0.15, 0.2) is 24.3 Å². The van der Waals surface area contributed by atoms with Crippen LogP contribution in [-0.2, 0) is 16.1 Å². The van der Waals surface area contributed by atoms with Crippen molar-refractivity contribution in [3.63, 3.8) is 0 Å². The number of morpholine rings is 1. The number of hydrogen-bond acceptors (Lipinski definition) is 5. The van der Waals surface area contributed by atoms with Gasteiger partial charge in [0.1, 0.15) is 11.6 Å². The summed E-state index contributed by atoms with van der Waals surface area (Å²) in [7, 11) is 0. The molecule has 0 bridgehead atoms. The number of halogens is 1. The van der Waals surface area contributed by atoms with Gasteiger partial charge in [-0.2, -0.15) is 0 Å². The molecule has 4 rings (SSSR count). The number of ether oxygens (including phenoxy) is 1. The van der Waals surface area contributed by atoms with Gasteiger partial charge in [-0.15, -0.1) is 0 Å². The van der Waals surface area contributed by atoms with Crippen molar-refractivity contribution in [3.05, 3.63) is 35.6 Å². The summed E-state index contributed by atoms with van der Waals surface area (Å²) in [4.78, 5) is 19.1. The Morgan fingerprint density at radius 1 is 1.26 bits per heavy atom. The molecular weight excluding hydrogens is 347 g/mol. The molecule has 2 N–H and O–H groups in total. The highest BCUT2D eigenvalue weighted by Crippen LogP contribution is 2.25. The lowest BCUT2D eigenvalue weighted by molar-refractivity contribution is -0.122. The van der Waals surface area contributed by atoms with E-state index in [-0.39, 0.29) is 17.8 Å². The van der Waals surface area contributed by atoms with E-state index in [0.29, 0.717) is 25.3 Å². The van der Waals surface area contributed by atoms with Crippen molar-refractivity contribution in [2.45, 2.75) is 31.8 Å². The number of rotatable bonds is 4. The second kappa shape index (κ2) is 8.19. The highest BCUT2D eigenvalue weighted by atomic mass is 19.1. The van der Waals surface area contributed by atoms with E-state index in [9.17, 15) is 9.18 Å². The number of pyridine rings is 1. The molecule has 1 aromatic heterocycles. The summed E-state index contributed by atoms with van der Waals surface area (Å²) in [6.07, 6.45) is 2.89. The number of amides is 1. The zero-order chi connectivity index (χ0) is 18.6. The van der Waals surface area contributed by atoms with Crippen molar-refractivity contribution in [3.8, 4) is 0 Å². The maximum Gasteiger partial charge on any atom is 0.237 e. The van der Waals surface area contributed by atoms with Gasteiger partial charge < -0.3 is 20.3 Å². The van der Waals surface area contributed by atoms with Crippen LogP contribution in [0.5, 0.6) is 0 Å². The molecule has 1 atom stereocenters. The summed E-state index contributed by atoms with van der Waals surface area (Å²) in [6.45, 7) is 4.11. The fourth-order valence-corrected chi connectivity index (χ4v) is 3.72. The van der Waals surface area contributed by atoms with Gasteiger partial charge in [0, 0.05) is 43.2 Å². The van der Waals surface area contributed by atoms with Crippen molar-refractivity contribution in [2.75, 3.05) is 37.7 Å². The van der Waals surface area contributed by atoms with E-state index in [1.807, 2.05) is 6.07 Å². The lowest BCUT2D eigenvalue weighted by Gasteiger charge is -2.30. The van der Waals surface area contributed by atoms with Crippen LogP contribution in [0.4, 0.5) is 10.2 Å². The van der Waals surface area contributed by atoms with Gasteiger partial charge in [0.2, 0.25) is 5.91 Å². The van der Waals surface area contributed by atoms with Gasteiger partial charge in [0.25, 0.3) is 0 Å². The number of anilines is 1. The van der Waals surface area contributed by atoms with Gasteiger partial charge in [0.05, 0.1) is 24.8 Å². The first kappa shape index (κ1) is 18.1. The summed E-state index contributed by atoms with van der Waals surface area (Å²) < 4.78 is 19.1. The third-order valence-electron chi connectivity index (χ3n) is 5.22. The minimum Gasteiger partial charge on any atom is -0.378 e. The van der Waals surface area contributed by atoms with Crippen LogP contribution < -0.4 is 15.5 Å². The van der Waals surface area contributed by atoms with Crippen LogP contribution in [-0.4, -0.2) is 49.8 Å². The first-order chi connectivity index (χ1) is 13.2. The lowest BCUT2D eigenvalue weighted by atomic mass is 10.1. The largest absolute Gasteiger partial charge is 0.378 e. The van der Waals surface area contributed by atoms with Crippen LogP contribution in [0.1, 0.15) is 24.8 Å².